The molecule has 0 aromatic heterocycles. The maximum atomic E-state index is 2.29. The van der Waals surface area contributed by atoms with E-state index in [1.54, 1.807) is 5.19 Å². The molecule has 0 atom stereocenters. The first-order valence-corrected chi connectivity index (χ1v) is 6.01. The van der Waals surface area contributed by atoms with Crippen LogP contribution in [0.2, 0.25) is 4.72 Å². The molecular weight excluding hydrogens is 143 g/mol. The summed E-state index contributed by atoms with van der Waals surface area (Å²) >= 11 is 2.29. The van der Waals surface area contributed by atoms with Gasteiger partial charge in [0.25, 0.3) is 0 Å². The van der Waals surface area contributed by atoms with E-state index in [4.69, 9.17) is 0 Å². The molecule has 0 aliphatic carbocycles. The van der Waals surface area contributed by atoms with Gasteiger partial charge in [-0.3, -0.25) is 0 Å². The van der Waals surface area contributed by atoms with Crippen LogP contribution in [0.1, 0.15) is 11.1 Å². The van der Waals surface area contributed by atoms with E-state index in [2.05, 4.69) is 49.8 Å². The number of benzene rings is 1. The van der Waals surface area contributed by atoms with Crippen molar-refractivity contribution in [1.29, 1.82) is 0 Å². The average Bonchev–Trinajstić information content (AvgIpc) is 1.99. The fraction of sp³-hybridized carbons (Fsp3) is 0.333. The van der Waals surface area contributed by atoms with Crippen LogP contribution in [0.15, 0.2) is 18.2 Å². The molecule has 1 aromatic rings. The van der Waals surface area contributed by atoms with Crippen LogP contribution in [0.5, 0.6) is 0 Å². The summed E-state index contributed by atoms with van der Waals surface area (Å²) in [5.41, 5.74) is 2.98. The summed E-state index contributed by atoms with van der Waals surface area (Å²) in [6.45, 7) is 4.44. The predicted octanol–water partition coefficient (Wildman–Crippen LogP) is 0.642. The number of aryl methyl sites for hydroxylation is 1. The van der Waals surface area contributed by atoms with Crippen LogP contribution in [0, 0.1) is 13.8 Å². The first-order chi connectivity index (χ1) is 5.25. The summed E-state index contributed by atoms with van der Waals surface area (Å²) < 4.78 is 1.38. The third kappa shape index (κ3) is 2.23. The number of hydrogen-bond acceptors (Lipinski definition) is 0. The van der Waals surface area contributed by atoms with E-state index < -0.39 is 0 Å². The molecule has 0 spiro atoms. The first-order valence-electron chi connectivity index (χ1n) is 4.30. The minimum absolute atomic E-state index is 0.0487. The standard InChI is InChI=1S/C9H13Si.Li/c1-7-5-4-6-9(10-3)8(7)2;/h4-6H,3,10H2,1-2H3;. The third-order valence-corrected chi connectivity index (χ3v) is 4.04. The Hall–Kier alpha value is 0.0343. The molecule has 2 heteroatoms. The van der Waals surface area contributed by atoms with Crippen molar-refractivity contribution in [3.8, 4) is 0 Å². The summed E-state index contributed by atoms with van der Waals surface area (Å²) in [6, 6.07) is 6.67. The molecule has 0 saturated heterocycles. The molecule has 1 rings (SSSR count). The number of hydrogen-bond donors (Lipinski definition) is 0. The van der Waals surface area contributed by atoms with E-state index in [0.717, 1.165) is 0 Å². The molecule has 54 valence electrons. The Morgan fingerprint density at radius 3 is 2.73 bits per heavy atom. The fourth-order valence-corrected chi connectivity index (χ4v) is 2.85. The van der Waals surface area contributed by atoms with Gasteiger partial charge in [-0.1, -0.05) is 0 Å². The predicted molar refractivity (Wildman–Crippen MR) is 54.7 cm³/mol. The molecule has 1 aromatic carbocycles. The van der Waals surface area contributed by atoms with E-state index in [9.17, 15) is 0 Å². The van der Waals surface area contributed by atoms with Gasteiger partial charge in [0.2, 0.25) is 0 Å². The van der Waals surface area contributed by atoms with Crippen LogP contribution in [0.3, 0.4) is 0 Å². The van der Waals surface area contributed by atoms with E-state index in [-0.39, 0.29) is 9.52 Å². The molecule has 0 heterocycles. The van der Waals surface area contributed by atoms with Crippen molar-refractivity contribution >= 4 is 32.4 Å². The quantitative estimate of drug-likeness (QED) is 0.551. The number of rotatable bonds is 2. The van der Waals surface area contributed by atoms with Gasteiger partial charge in [0, 0.05) is 0 Å². The van der Waals surface area contributed by atoms with E-state index in [0.29, 0.717) is 0 Å². The molecule has 0 unspecified atom stereocenters. The van der Waals surface area contributed by atoms with Gasteiger partial charge in [0.15, 0.2) is 0 Å². The van der Waals surface area contributed by atoms with Crippen LogP contribution in [-0.2, 0) is 0 Å². The Morgan fingerprint density at radius 1 is 1.36 bits per heavy atom. The van der Waals surface area contributed by atoms with E-state index in [1.807, 2.05) is 0 Å². The van der Waals surface area contributed by atoms with Crippen molar-refractivity contribution in [1.82, 2.24) is 0 Å². The zero-order chi connectivity index (χ0) is 8.27. The zero-order valence-corrected chi connectivity index (χ0v) is 9.06. The van der Waals surface area contributed by atoms with Gasteiger partial charge in [-0.05, 0) is 0 Å². The second-order valence-electron chi connectivity index (χ2n) is 3.11. The Morgan fingerprint density at radius 2 is 2.09 bits per heavy atom. The van der Waals surface area contributed by atoms with Gasteiger partial charge in [-0.15, -0.1) is 0 Å². The van der Waals surface area contributed by atoms with Crippen molar-refractivity contribution < 1.29 is 0 Å². The van der Waals surface area contributed by atoms with Crippen LogP contribution in [0.25, 0.3) is 0 Å². The summed E-state index contributed by atoms with van der Waals surface area (Å²) in [5.74, 6) is 0. The minimum atomic E-state index is 0.0487. The molecule has 0 nitrogen and oxygen atoms in total. The van der Waals surface area contributed by atoms with Gasteiger partial charge in [-0.2, -0.15) is 0 Å². The normalized spacial score (nSPS) is 11.3. The molecule has 0 N–H and O–H groups in total. The molecule has 0 bridgehead atoms. The first kappa shape index (κ1) is 9.12. The molecule has 0 radical (unpaired) electrons. The molecule has 11 heavy (non-hydrogen) atoms. The van der Waals surface area contributed by atoms with Crippen LogP contribution >= 0.6 is 0 Å². The SMILES string of the molecule is [Li][CH2][SiH2]c1cccc(C)c1C. The van der Waals surface area contributed by atoms with E-state index >= 15 is 0 Å². The molecule has 0 saturated carbocycles. The van der Waals surface area contributed by atoms with Crippen molar-refractivity contribution in [3.63, 3.8) is 0 Å². The summed E-state index contributed by atoms with van der Waals surface area (Å²) in [4.78, 5) is 0. The molecule has 0 fully saturated rings. The summed E-state index contributed by atoms with van der Waals surface area (Å²) in [5, 5.41) is 1.65. The summed E-state index contributed by atoms with van der Waals surface area (Å²) in [7, 11) is 0.0487. The molecule has 0 aliphatic rings. The fourth-order valence-electron chi connectivity index (χ4n) is 1.35. The topological polar surface area (TPSA) is 0 Å². The Kier molecular flexibility index (Phi) is 3.45. The molecule has 0 aliphatic heterocycles. The molecular formula is C9H13LiSi. The monoisotopic (exact) mass is 156 g/mol. The van der Waals surface area contributed by atoms with Gasteiger partial charge in [-0.25, -0.2) is 0 Å². The van der Waals surface area contributed by atoms with Crippen LogP contribution < -0.4 is 5.19 Å². The Bertz CT molecular complexity index is 245. The van der Waals surface area contributed by atoms with Gasteiger partial charge < -0.3 is 0 Å². The zero-order valence-electron chi connectivity index (χ0n) is 7.65. The third-order valence-electron chi connectivity index (χ3n) is 2.24. The second-order valence-corrected chi connectivity index (χ2v) is 5.37. The van der Waals surface area contributed by atoms with Gasteiger partial charge >= 0.3 is 80.3 Å². The van der Waals surface area contributed by atoms with Crippen molar-refractivity contribution in [2.24, 2.45) is 0 Å². The Balaban J connectivity index is 2.96. The van der Waals surface area contributed by atoms with E-state index in [1.165, 1.54) is 15.8 Å². The Labute approximate surface area is 80.4 Å². The van der Waals surface area contributed by atoms with Crippen molar-refractivity contribution in [2.75, 3.05) is 0 Å². The summed E-state index contributed by atoms with van der Waals surface area (Å²) in [6.07, 6.45) is 0. The van der Waals surface area contributed by atoms with Crippen molar-refractivity contribution in [3.05, 3.63) is 29.3 Å². The van der Waals surface area contributed by atoms with Crippen LogP contribution in [-0.4, -0.2) is 27.2 Å². The maximum absolute atomic E-state index is 2.29. The van der Waals surface area contributed by atoms with Crippen molar-refractivity contribution in [2.45, 2.75) is 18.6 Å². The van der Waals surface area contributed by atoms with Crippen LogP contribution in [0.4, 0.5) is 0 Å². The molecule has 0 amide bonds. The second kappa shape index (κ2) is 4.16. The van der Waals surface area contributed by atoms with Gasteiger partial charge in [0.1, 0.15) is 0 Å². The van der Waals surface area contributed by atoms with Gasteiger partial charge in [0.05, 0.1) is 0 Å². The average molecular weight is 156 g/mol.